The molecule has 5 N–H and O–H groups in total. The van der Waals surface area contributed by atoms with Crippen LogP contribution in [0, 0.1) is 17.6 Å². The summed E-state index contributed by atoms with van der Waals surface area (Å²) in [6, 6.07) is 2.82. The number of nitrogens with zero attached hydrogens (tertiary/aromatic N) is 4. The smallest absolute Gasteiger partial charge is 0.356 e. The van der Waals surface area contributed by atoms with Crippen LogP contribution in [0.2, 0.25) is 5.02 Å². The Morgan fingerprint density at radius 1 is 1.20 bits per heavy atom. The minimum Gasteiger partial charge on any atom is -0.464 e. The van der Waals surface area contributed by atoms with E-state index in [1.165, 1.54) is 19.1 Å². The van der Waals surface area contributed by atoms with Crippen LogP contribution in [0.4, 0.5) is 14.6 Å². The number of pyridine rings is 1. The highest BCUT2D eigenvalue weighted by Crippen LogP contribution is 2.43. The van der Waals surface area contributed by atoms with Crippen LogP contribution in [0.25, 0.3) is 28.0 Å². The fraction of sp³-hybridized carbons (Fsp3) is 0.414. The Kier molecular flexibility index (Phi) is 8.45. The van der Waals surface area contributed by atoms with Crippen molar-refractivity contribution >= 4 is 49.8 Å². The van der Waals surface area contributed by atoms with E-state index in [-0.39, 0.29) is 56.8 Å². The Hall–Kier alpha value is -3.65. The number of fused-ring (bicyclic) bond motifs is 3. The Bertz CT molecular complexity index is 1820. The van der Waals surface area contributed by atoms with Gasteiger partial charge >= 0.3 is 5.69 Å². The van der Waals surface area contributed by atoms with Gasteiger partial charge in [-0.25, -0.2) is 23.1 Å². The lowest BCUT2D eigenvalue weighted by Crippen LogP contribution is -2.61. The predicted molar refractivity (Wildman–Crippen MR) is 168 cm³/mol. The molecule has 3 unspecified atom stereocenters. The van der Waals surface area contributed by atoms with Crippen LogP contribution in [0.5, 0.6) is 5.75 Å². The number of allylic oxidation sites excluding steroid dienone is 3. The lowest BCUT2D eigenvalue weighted by molar-refractivity contribution is -0.260. The second kappa shape index (κ2) is 11.6. The number of ether oxygens (including phenoxy) is 2. The molecular weight excluding hydrogens is 607 g/mol. The van der Waals surface area contributed by atoms with Crippen LogP contribution >= 0.6 is 11.6 Å². The van der Waals surface area contributed by atoms with Gasteiger partial charge in [-0.2, -0.15) is 4.98 Å². The average molecular weight is 639 g/mol. The summed E-state index contributed by atoms with van der Waals surface area (Å²) in [6.45, 7) is 9.91. The molecule has 0 aliphatic carbocycles. The summed E-state index contributed by atoms with van der Waals surface area (Å²) < 4.78 is 42.8. The summed E-state index contributed by atoms with van der Waals surface area (Å²) >= 11 is 6.73. The summed E-state index contributed by atoms with van der Waals surface area (Å²) in [5, 5.41) is 25.6. The monoisotopic (exact) mass is 638 g/mol. The zero-order valence-corrected chi connectivity index (χ0v) is 26.0. The number of hydrogen-bond donors (Lipinski definition) is 4. The van der Waals surface area contributed by atoms with Gasteiger partial charge in [0.25, 0.3) is 0 Å². The van der Waals surface area contributed by atoms with Gasteiger partial charge in [-0.05, 0) is 51.0 Å². The highest BCUT2D eigenvalue weighted by Gasteiger charge is 2.48. The number of nitrogens with two attached hydrogens (primary N) is 1. The molecule has 16 heteroatoms. The normalized spacial score (nSPS) is 27.5. The minimum absolute atomic E-state index is 0.0365. The molecule has 2 aliphatic heterocycles. The molecule has 0 amide bonds. The number of nitrogens with one attached hydrogen (secondary N) is 1. The number of piperazine rings is 1. The van der Waals surface area contributed by atoms with E-state index in [0.29, 0.717) is 19.2 Å². The predicted octanol–water partition coefficient (Wildman–Crippen LogP) is 2.30. The third-order valence-electron chi connectivity index (χ3n) is 7.78. The first-order valence-electron chi connectivity index (χ1n) is 14.2. The van der Waals surface area contributed by atoms with E-state index in [4.69, 9.17) is 42.5 Å². The van der Waals surface area contributed by atoms with Gasteiger partial charge in [0.1, 0.15) is 23.1 Å². The van der Waals surface area contributed by atoms with Crippen LogP contribution in [0.15, 0.2) is 40.5 Å². The van der Waals surface area contributed by atoms with E-state index >= 15 is 8.78 Å². The van der Waals surface area contributed by atoms with E-state index in [1.54, 1.807) is 13.8 Å². The highest BCUT2D eigenvalue weighted by molar-refractivity contribution is 6.34. The quantitative estimate of drug-likeness (QED) is 0.308. The SMILES string of the molecule is [B]C1(O)OC(=C/C)/C(=C(\N)C(C)C)n2c(=O)nc(N3C[C@@H](C)NCC3C)c3cc(Cl)c(nc32)-c2c(F)ccc(F)c2OC1([B])O. The number of aliphatic hydroxyl groups is 2. The van der Waals surface area contributed by atoms with Crippen molar-refractivity contribution in [3.8, 4) is 17.0 Å². The van der Waals surface area contributed by atoms with Crippen LogP contribution in [0.1, 0.15) is 34.6 Å². The largest absolute Gasteiger partial charge is 0.464 e. The first-order valence-corrected chi connectivity index (χ1v) is 14.6. The number of halogens is 3. The Labute approximate surface area is 265 Å². The molecule has 2 aromatic heterocycles. The molecule has 1 aromatic carbocycles. The van der Waals surface area contributed by atoms with Crippen molar-refractivity contribution in [1.29, 1.82) is 0 Å². The lowest BCUT2D eigenvalue weighted by atomic mass is 9.74. The van der Waals surface area contributed by atoms with Crippen molar-refractivity contribution in [1.82, 2.24) is 19.9 Å². The molecule has 4 heterocycles. The molecular formula is C29H31B2ClF2N6O5. The zero-order valence-electron chi connectivity index (χ0n) is 25.2. The second-order valence-corrected chi connectivity index (χ2v) is 11.9. The Morgan fingerprint density at radius 2 is 1.84 bits per heavy atom. The van der Waals surface area contributed by atoms with Crippen molar-refractivity contribution in [3.05, 3.63) is 62.9 Å². The fourth-order valence-corrected chi connectivity index (χ4v) is 5.49. The number of aromatic nitrogens is 3. The van der Waals surface area contributed by atoms with Crippen molar-refractivity contribution < 1.29 is 28.5 Å². The molecule has 3 aromatic rings. The van der Waals surface area contributed by atoms with E-state index in [0.717, 1.165) is 10.6 Å². The maximum atomic E-state index is 15.6. The van der Waals surface area contributed by atoms with Crippen LogP contribution < -0.4 is 26.4 Å². The zero-order chi connectivity index (χ0) is 33.2. The molecule has 5 rings (SSSR count). The maximum absolute atomic E-state index is 15.6. The van der Waals surface area contributed by atoms with E-state index in [2.05, 4.69) is 15.3 Å². The standard InChI is InChI=1S/C29H31B2ClF2N6O5/c1-6-19-23(21(35)12(2)3)40-26-15(25(38-27(40)41)39-11-13(4)36-10-14(39)5)9-16(32)22(37-26)20-17(33)7-8-18(34)24(20)45-29(31,43)28(30,42)44-19/h6-9,12-14,36,42-43H,10-11,35H2,1-5H3/b19-6+,23-21+/t13-,14?,28?,29?/m1/s1. The van der Waals surface area contributed by atoms with E-state index < -0.39 is 45.9 Å². The number of rotatable bonds is 2. The molecule has 1 saturated heterocycles. The summed E-state index contributed by atoms with van der Waals surface area (Å²) in [7, 11) is 11.8. The highest BCUT2D eigenvalue weighted by atomic mass is 35.5. The molecule has 0 spiro atoms. The van der Waals surface area contributed by atoms with Gasteiger partial charge in [0, 0.05) is 30.9 Å². The van der Waals surface area contributed by atoms with E-state index in [1.807, 2.05) is 18.7 Å². The van der Waals surface area contributed by atoms with Crippen molar-refractivity contribution in [2.75, 3.05) is 18.0 Å². The molecule has 0 saturated carbocycles. The van der Waals surface area contributed by atoms with Gasteiger partial charge in [0.05, 0.1) is 21.7 Å². The molecule has 45 heavy (non-hydrogen) atoms. The number of anilines is 1. The second-order valence-electron chi connectivity index (χ2n) is 11.5. The van der Waals surface area contributed by atoms with Crippen LogP contribution in [-0.2, 0) is 4.74 Å². The van der Waals surface area contributed by atoms with Gasteiger partial charge in [0.15, 0.2) is 32.9 Å². The van der Waals surface area contributed by atoms with Gasteiger partial charge < -0.3 is 35.6 Å². The number of benzene rings is 1. The molecule has 4 atom stereocenters. The molecule has 1 fully saturated rings. The number of hydrogen-bond acceptors (Lipinski definition) is 10. The Morgan fingerprint density at radius 3 is 2.49 bits per heavy atom. The summed E-state index contributed by atoms with van der Waals surface area (Å²) in [5.41, 5.74) is -2.39. The molecule has 4 radical (unpaired) electrons. The summed E-state index contributed by atoms with van der Waals surface area (Å²) in [4.78, 5) is 25.1. The summed E-state index contributed by atoms with van der Waals surface area (Å²) in [5.74, 6) is -3.84. The van der Waals surface area contributed by atoms with E-state index in [9.17, 15) is 15.0 Å². The average Bonchev–Trinajstić information content (AvgIpc) is 2.96. The maximum Gasteiger partial charge on any atom is 0.356 e. The van der Waals surface area contributed by atoms with Crippen molar-refractivity contribution in [3.63, 3.8) is 0 Å². The van der Waals surface area contributed by atoms with Gasteiger partial charge in [0.2, 0.25) is 11.4 Å². The van der Waals surface area contributed by atoms with Gasteiger partial charge in [-0.15, -0.1) is 0 Å². The van der Waals surface area contributed by atoms with Gasteiger partial charge in [-0.1, -0.05) is 25.4 Å². The van der Waals surface area contributed by atoms with Gasteiger partial charge in [-0.3, -0.25) is 0 Å². The molecule has 234 valence electrons. The third kappa shape index (κ3) is 5.56. The molecule has 11 nitrogen and oxygen atoms in total. The minimum atomic E-state index is -3.43. The van der Waals surface area contributed by atoms with Crippen LogP contribution in [-0.4, -0.2) is 77.0 Å². The summed E-state index contributed by atoms with van der Waals surface area (Å²) in [6.07, 6.45) is 1.29. The topological polar surface area (TPSA) is 148 Å². The Balaban J connectivity index is 2.02. The fourth-order valence-electron chi connectivity index (χ4n) is 5.24. The van der Waals surface area contributed by atoms with Crippen molar-refractivity contribution in [2.24, 2.45) is 11.7 Å². The van der Waals surface area contributed by atoms with Crippen LogP contribution in [0.3, 0.4) is 0 Å². The lowest BCUT2D eigenvalue weighted by Gasteiger charge is -2.41. The first kappa shape index (κ1) is 32.7. The molecule has 2 aliphatic rings. The van der Waals surface area contributed by atoms with Crippen molar-refractivity contribution in [2.45, 2.75) is 58.1 Å². The third-order valence-corrected chi connectivity index (χ3v) is 8.07. The molecule has 2 bridgehead atoms. The first-order chi connectivity index (χ1) is 21.0.